The van der Waals surface area contributed by atoms with Crippen molar-refractivity contribution in [3.63, 3.8) is 0 Å². The summed E-state index contributed by atoms with van der Waals surface area (Å²) < 4.78 is 11.0. The van der Waals surface area contributed by atoms with Gasteiger partial charge in [-0.05, 0) is 24.3 Å². The predicted octanol–water partition coefficient (Wildman–Crippen LogP) is 3.20. The largest absolute Gasteiger partial charge is 0.489 e. The zero-order chi connectivity index (χ0) is 23.0. The van der Waals surface area contributed by atoms with E-state index in [1.165, 1.54) is 12.4 Å². The van der Waals surface area contributed by atoms with Crippen molar-refractivity contribution in [1.82, 2.24) is 10.9 Å². The van der Waals surface area contributed by atoms with Crippen molar-refractivity contribution in [3.8, 4) is 11.5 Å². The van der Waals surface area contributed by atoms with Crippen LogP contribution in [0.4, 0.5) is 0 Å². The highest BCUT2D eigenvalue weighted by atomic mass is 16.5. The SMILES string of the molecule is C=CCOc1ccccc1/C=N\NC(=O)CCC(=O)N/N=C\c1ccccc1OCC=C. The fourth-order valence-corrected chi connectivity index (χ4v) is 2.42. The molecule has 0 heterocycles. The minimum atomic E-state index is -0.395. The Morgan fingerprint density at radius 2 is 1.16 bits per heavy atom. The monoisotopic (exact) mass is 434 g/mol. The van der Waals surface area contributed by atoms with E-state index in [9.17, 15) is 9.59 Å². The van der Waals surface area contributed by atoms with Gasteiger partial charge in [-0.3, -0.25) is 9.59 Å². The Bertz CT molecular complexity index is 906. The van der Waals surface area contributed by atoms with Crippen LogP contribution in [0.25, 0.3) is 0 Å². The van der Waals surface area contributed by atoms with Gasteiger partial charge in [0.15, 0.2) is 0 Å². The third kappa shape index (κ3) is 8.66. The first-order valence-electron chi connectivity index (χ1n) is 9.93. The van der Waals surface area contributed by atoms with Crippen LogP contribution in [0.15, 0.2) is 84.0 Å². The topological polar surface area (TPSA) is 101 Å². The van der Waals surface area contributed by atoms with Crippen LogP contribution >= 0.6 is 0 Å². The van der Waals surface area contributed by atoms with Gasteiger partial charge < -0.3 is 9.47 Å². The Morgan fingerprint density at radius 1 is 0.750 bits per heavy atom. The zero-order valence-corrected chi connectivity index (χ0v) is 17.7. The highest BCUT2D eigenvalue weighted by molar-refractivity contribution is 5.88. The third-order valence-corrected chi connectivity index (χ3v) is 3.92. The Balaban J connectivity index is 1.76. The van der Waals surface area contributed by atoms with Gasteiger partial charge in [-0.1, -0.05) is 49.6 Å². The molecule has 0 atom stereocenters. The molecule has 0 unspecified atom stereocenters. The first-order chi connectivity index (χ1) is 15.6. The van der Waals surface area contributed by atoms with E-state index in [0.29, 0.717) is 35.8 Å². The second-order valence-corrected chi connectivity index (χ2v) is 6.36. The van der Waals surface area contributed by atoms with Gasteiger partial charge in [0.05, 0.1) is 12.4 Å². The lowest BCUT2D eigenvalue weighted by Crippen LogP contribution is -2.22. The van der Waals surface area contributed by atoms with E-state index in [2.05, 4.69) is 34.2 Å². The maximum absolute atomic E-state index is 11.9. The van der Waals surface area contributed by atoms with Gasteiger partial charge in [0.2, 0.25) is 11.8 Å². The van der Waals surface area contributed by atoms with E-state index in [0.717, 1.165) is 0 Å². The Hall–Kier alpha value is -4.20. The summed E-state index contributed by atoms with van der Waals surface area (Å²) in [4.78, 5) is 23.8. The predicted molar refractivity (Wildman–Crippen MR) is 125 cm³/mol. The first kappa shape index (κ1) is 24.1. The molecule has 0 radical (unpaired) electrons. The van der Waals surface area contributed by atoms with E-state index in [-0.39, 0.29) is 12.8 Å². The molecule has 166 valence electrons. The quantitative estimate of drug-likeness (QED) is 0.287. The number of para-hydroxylation sites is 2. The summed E-state index contributed by atoms with van der Waals surface area (Å²) in [6.45, 7) is 7.94. The van der Waals surface area contributed by atoms with Crippen LogP contribution in [0.3, 0.4) is 0 Å². The van der Waals surface area contributed by atoms with Crippen molar-refractivity contribution in [2.75, 3.05) is 13.2 Å². The summed E-state index contributed by atoms with van der Waals surface area (Å²) in [5.41, 5.74) is 6.20. The highest BCUT2D eigenvalue weighted by Gasteiger charge is 2.06. The summed E-state index contributed by atoms with van der Waals surface area (Å²) in [5, 5.41) is 7.82. The molecule has 0 aliphatic heterocycles. The summed E-state index contributed by atoms with van der Waals surface area (Å²) in [6, 6.07) is 14.5. The van der Waals surface area contributed by atoms with Crippen LogP contribution in [0.2, 0.25) is 0 Å². The van der Waals surface area contributed by atoms with Gasteiger partial charge in [0.1, 0.15) is 24.7 Å². The second kappa shape index (κ2) is 13.9. The van der Waals surface area contributed by atoms with Crippen molar-refractivity contribution in [3.05, 3.63) is 85.0 Å². The molecule has 0 saturated carbocycles. The molecule has 2 aromatic rings. The molecule has 2 N–H and O–H groups in total. The smallest absolute Gasteiger partial charge is 0.240 e. The molecule has 2 amide bonds. The lowest BCUT2D eigenvalue weighted by Gasteiger charge is -2.06. The van der Waals surface area contributed by atoms with E-state index in [1.54, 1.807) is 36.4 Å². The molecule has 8 heteroatoms. The van der Waals surface area contributed by atoms with Crippen molar-refractivity contribution >= 4 is 24.2 Å². The minimum absolute atomic E-state index is 0.0354. The van der Waals surface area contributed by atoms with Crippen molar-refractivity contribution in [2.45, 2.75) is 12.8 Å². The normalized spacial score (nSPS) is 10.6. The van der Waals surface area contributed by atoms with Crippen LogP contribution < -0.4 is 20.3 Å². The molecular weight excluding hydrogens is 408 g/mol. The molecule has 32 heavy (non-hydrogen) atoms. The number of hydrogen-bond donors (Lipinski definition) is 2. The van der Waals surface area contributed by atoms with Crippen molar-refractivity contribution in [2.24, 2.45) is 10.2 Å². The van der Waals surface area contributed by atoms with Gasteiger partial charge >= 0.3 is 0 Å². The number of ether oxygens (including phenoxy) is 2. The Morgan fingerprint density at radius 3 is 1.56 bits per heavy atom. The number of hydrazone groups is 2. The van der Waals surface area contributed by atoms with Crippen LogP contribution in [0.5, 0.6) is 11.5 Å². The lowest BCUT2D eigenvalue weighted by atomic mass is 10.2. The number of hydrogen-bond acceptors (Lipinski definition) is 6. The van der Waals surface area contributed by atoms with E-state index < -0.39 is 11.8 Å². The molecule has 0 spiro atoms. The molecule has 2 rings (SSSR count). The van der Waals surface area contributed by atoms with Gasteiger partial charge in [0.25, 0.3) is 0 Å². The van der Waals surface area contributed by atoms with Gasteiger partial charge in [-0.15, -0.1) is 0 Å². The maximum Gasteiger partial charge on any atom is 0.240 e. The first-order valence-corrected chi connectivity index (χ1v) is 9.93. The molecule has 2 aromatic carbocycles. The van der Waals surface area contributed by atoms with E-state index in [4.69, 9.17) is 9.47 Å². The number of nitrogens with one attached hydrogen (secondary N) is 2. The van der Waals surface area contributed by atoms with Gasteiger partial charge in [0, 0.05) is 24.0 Å². The van der Waals surface area contributed by atoms with Crippen LogP contribution in [0.1, 0.15) is 24.0 Å². The molecule has 0 aliphatic carbocycles. The maximum atomic E-state index is 11.9. The number of benzene rings is 2. The molecule has 8 nitrogen and oxygen atoms in total. The van der Waals surface area contributed by atoms with E-state index in [1.807, 2.05) is 24.3 Å². The van der Waals surface area contributed by atoms with Crippen LogP contribution in [-0.2, 0) is 9.59 Å². The number of nitrogens with zero attached hydrogens (tertiary/aromatic N) is 2. The average molecular weight is 434 g/mol. The van der Waals surface area contributed by atoms with Crippen LogP contribution in [-0.4, -0.2) is 37.5 Å². The minimum Gasteiger partial charge on any atom is -0.489 e. The van der Waals surface area contributed by atoms with Crippen molar-refractivity contribution < 1.29 is 19.1 Å². The molecule has 0 aliphatic rings. The summed E-state index contributed by atoms with van der Waals surface area (Å²) in [6.07, 6.45) is 6.16. The van der Waals surface area contributed by atoms with Crippen LogP contribution in [0, 0.1) is 0 Å². The number of rotatable bonds is 13. The zero-order valence-electron chi connectivity index (χ0n) is 17.7. The van der Waals surface area contributed by atoms with Gasteiger partial charge in [-0.2, -0.15) is 10.2 Å². The Labute approximate surface area is 187 Å². The number of carbonyl (C=O) groups is 2. The molecule has 0 saturated heterocycles. The molecule has 0 aromatic heterocycles. The standard InChI is InChI=1S/C24H26N4O4/c1-3-15-31-21-11-7-5-9-19(21)17-25-27-23(29)13-14-24(30)28-26-18-20-10-6-8-12-22(20)32-16-4-2/h3-12,17-18H,1-2,13-16H2,(H,27,29)(H,28,30)/b25-17-,26-18-. The molecule has 0 bridgehead atoms. The number of carbonyl (C=O) groups excluding carboxylic acids is 2. The fourth-order valence-electron chi connectivity index (χ4n) is 2.42. The fraction of sp³-hybridized carbons (Fsp3) is 0.167. The molecular formula is C24H26N4O4. The number of amides is 2. The second-order valence-electron chi connectivity index (χ2n) is 6.36. The molecule has 0 fully saturated rings. The lowest BCUT2D eigenvalue weighted by molar-refractivity contribution is -0.126. The van der Waals surface area contributed by atoms with Gasteiger partial charge in [-0.25, -0.2) is 10.9 Å². The summed E-state index contributed by atoms with van der Waals surface area (Å²) >= 11 is 0. The summed E-state index contributed by atoms with van der Waals surface area (Å²) in [7, 11) is 0. The summed E-state index contributed by atoms with van der Waals surface area (Å²) in [5.74, 6) is 0.458. The average Bonchev–Trinajstić information content (AvgIpc) is 2.81. The third-order valence-electron chi connectivity index (χ3n) is 3.92. The van der Waals surface area contributed by atoms with E-state index >= 15 is 0 Å². The highest BCUT2D eigenvalue weighted by Crippen LogP contribution is 2.16. The Kier molecular flexibility index (Phi) is 10.5. The van der Waals surface area contributed by atoms with Crippen molar-refractivity contribution in [1.29, 1.82) is 0 Å².